The zero-order chi connectivity index (χ0) is 22.7. The van der Waals surface area contributed by atoms with Crippen LogP contribution in [0.1, 0.15) is 57.3 Å². The van der Waals surface area contributed by atoms with Crippen molar-refractivity contribution in [3.05, 3.63) is 34.9 Å². The summed E-state index contributed by atoms with van der Waals surface area (Å²) < 4.78 is 5.57. The zero-order valence-corrected chi connectivity index (χ0v) is 18.5. The number of amides is 4. The molecule has 172 valence electrons. The van der Waals surface area contributed by atoms with Gasteiger partial charge in [0.05, 0.1) is 30.3 Å². The van der Waals surface area contributed by atoms with E-state index in [1.54, 1.807) is 23.1 Å². The number of hydrogen-bond acceptors (Lipinski definition) is 6. The maximum absolute atomic E-state index is 13.1. The Hall–Kier alpha value is -2.78. The molecule has 0 saturated carbocycles. The smallest absolute Gasteiger partial charge is 0.261 e. The Morgan fingerprint density at radius 1 is 1.06 bits per heavy atom. The minimum absolute atomic E-state index is 0.0124. The Labute approximate surface area is 187 Å². The van der Waals surface area contributed by atoms with Crippen molar-refractivity contribution in [1.29, 1.82) is 0 Å². The van der Waals surface area contributed by atoms with E-state index in [0.717, 1.165) is 25.8 Å². The quantitative estimate of drug-likeness (QED) is 0.653. The number of fused-ring (bicyclic) bond motifs is 1. The summed E-state index contributed by atoms with van der Waals surface area (Å²) in [4.78, 5) is 55.6. The lowest BCUT2D eigenvalue weighted by Crippen LogP contribution is -2.40. The first-order valence-corrected chi connectivity index (χ1v) is 11.4. The number of hydrogen-bond donors (Lipinski definition) is 1. The van der Waals surface area contributed by atoms with Crippen LogP contribution >= 0.6 is 0 Å². The van der Waals surface area contributed by atoms with Gasteiger partial charge in [-0.05, 0) is 44.4 Å². The van der Waals surface area contributed by atoms with Gasteiger partial charge in [0.2, 0.25) is 5.91 Å². The van der Waals surface area contributed by atoms with Gasteiger partial charge in [-0.2, -0.15) is 0 Å². The van der Waals surface area contributed by atoms with Gasteiger partial charge in [-0.1, -0.05) is 0 Å². The van der Waals surface area contributed by atoms with Gasteiger partial charge >= 0.3 is 0 Å². The molecule has 0 radical (unpaired) electrons. The Bertz CT molecular complexity index is 912. The van der Waals surface area contributed by atoms with E-state index >= 15 is 0 Å². The fourth-order valence-corrected chi connectivity index (χ4v) is 4.55. The molecule has 4 rings (SSSR count). The second-order valence-corrected chi connectivity index (χ2v) is 8.49. The molecule has 3 aliphatic rings. The number of imide groups is 1. The van der Waals surface area contributed by atoms with Crippen LogP contribution in [-0.4, -0.2) is 96.9 Å². The summed E-state index contributed by atoms with van der Waals surface area (Å²) in [6, 6.07) is 4.75. The normalized spacial score (nSPS) is 21.6. The fraction of sp³-hybridized carbons (Fsp3) is 0.565. The average Bonchev–Trinajstić information content (AvgIpc) is 3.29. The van der Waals surface area contributed by atoms with Crippen molar-refractivity contribution < 1.29 is 23.9 Å². The maximum atomic E-state index is 13.1. The Morgan fingerprint density at radius 2 is 1.88 bits per heavy atom. The summed E-state index contributed by atoms with van der Waals surface area (Å²) in [5, 5.41) is 2.80. The van der Waals surface area contributed by atoms with E-state index in [1.165, 1.54) is 4.90 Å². The van der Waals surface area contributed by atoms with E-state index < -0.39 is 0 Å². The minimum atomic E-state index is -0.362. The molecule has 2 saturated heterocycles. The molecule has 1 aromatic rings. The van der Waals surface area contributed by atoms with Gasteiger partial charge in [0.15, 0.2) is 0 Å². The van der Waals surface area contributed by atoms with Crippen LogP contribution < -0.4 is 5.32 Å². The second-order valence-electron chi connectivity index (χ2n) is 8.49. The number of carbonyl (C=O) groups is 4. The van der Waals surface area contributed by atoms with Crippen LogP contribution in [0.15, 0.2) is 18.2 Å². The number of ether oxygens (including phenoxy) is 1. The summed E-state index contributed by atoms with van der Waals surface area (Å²) >= 11 is 0. The van der Waals surface area contributed by atoms with Crippen LogP contribution in [0.4, 0.5) is 0 Å². The standard InChI is InChI=1S/C23H30N4O5/c1-2-24-20(28)15-25-8-4-9-26(11-10-25)21(29)16-6-7-18-19(13-16)23(31)27(22(18)30)14-17-5-3-12-32-17/h6-7,13,17H,2-5,8-12,14-15H2,1H3,(H,24,28). The Kier molecular flexibility index (Phi) is 6.86. The number of benzene rings is 1. The molecule has 3 heterocycles. The van der Waals surface area contributed by atoms with Crippen LogP contribution in [0.25, 0.3) is 0 Å². The van der Waals surface area contributed by atoms with E-state index in [4.69, 9.17) is 4.74 Å². The topological polar surface area (TPSA) is 99.3 Å². The number of carbonyl (C=O) groups excluding carboxylic acids is 4. The first-order valence-electron chi connectivity index (χ1n) is 11.4. The van der Waals surface area contributed by atoms with Crippen molar-refractivity contribution in [1.82, 2.24) is 20.0 Å². The van der Waals surface area contributed by atoms with Gasteiger partial charge in [0, 0.05) is 44.9 Å². The lowest BCUT2D eigenvalue weighted by Gasteiger charge is -2.22. The predicted octanol–water partition coefficient (Wildman–Crippen LogP) is 0.746. The third-order valence-corrected chi connectivity index (χ3v) is 6.24. The molecule has 1 atom stereocenters. The summed E-state index contributed by atoms with van der Waals surface area (Å²) in [5.74, 6) is -0.860. The molecule has 4 amide bonds. The molecule has 0 spiro atoms. The molecular formula is C23H30N4O5. The largest absolute Gasteiger partial charge is 0.376 e. The number of nitrogens with one attached hydrogen (secondary N) is 1. The average molecular weight is 443 g/mol. The van der Waals surface area contributed by atoms with Gasteiger partial charge in [0.1, 0.15) is 0 Å². The SMILES string of the molecule is CCNC(=O)CN1CCCN(C(=O)c2ccc3c(c2)C(=O)N(CC2CCCO2)C3=O)CC1. The highest BCUT2D eigenvalue weighted by molar-refractivity contribution is 6.22. The number of rotatable bonds is 6. The highest BCUT2D eigenvalue weighted by atomic mass is 16.5. The second kappa shape index (κ2) is 9.79. The molecule has 0 aliphatic carbocycles. The summed E-state index contributed by atoms with van der Waals surface area (Å²) in [6.07, 6.45) is 2.42. The van der Waals surface area contributed by atoms with Crippen LogP contribution in [0.5, 0.6) is 0 Å². The third kappa shape index (κ3) is 4.68. The van der Waals surface area contributed by atoms with E-state index in [1.807, 2.05) is 11.8 Å². The molecule has 0 bridgehead atoms. The van der Waals surface area contributed by atoms with Gasteiger partial charge < -0.3 is 15.0 Å². The molecule has 2 fully saturated rings. The molecule has 1 unspecified atom stereocenters. The summed E-state index contributed by atoms with van der Waals surface area (Å²) in [5.41, 5.74) is 1.03. The Morgan fingerprint density at radius 3 is 2.62 bits per heavy atom. The van der Waals surface area contributed by atoms with Crippen LogP contribution in [0.2, 0.25) is 0 Å². The van der Waals surface area contributed by atoms with Crippen molar-refractivity contribution in [2.24, 2.45) is 0 Å². The van der Waals surface area contributed by atoms with Crippen LogP contribution in [0, 0.1) is 0 Å². The van der Waals surface area contributed by atoms with Gasteiger partial charge in [-0.15, -0.1) is 0 Å². The van der Waals surface area contributed by atoms with Crippen molar-refractivity contribution in [3.63, 3.8) is 0 Å². The van der Waals surface area contributed by atoms with Gasteiger partial charge in [0.25, 0.3) is 17.7 Å². The van der Waals surface area contributed by atoms with E-state index in [0.29, 0.717) is 50.5 Å². The van der Waals surface area contributed by atoms with Crippen molar-refractivity contribution in [3.8, 4) is 0 Å². The predicted molar refractivity (Wildman–Crippen MR) is 116 cm³/mol. The molecule has 1 N–H and O–H groups in total. The number of likely N-dealkylation sites (N-methyl/N-ethyl adjacent to an activating group) is 1. The highest BCUT2D eigenvalue weighted by Gasteiger charge is 2.38. The summed E-state index contributed by atoms with van der Waals surface area (Å²) in [7, 11) is 0. The molecule has 9 heteroatoms. The molecule has 1 aromatic carbocycles. The minimum Gasteiger partial charge on any atom is -0.376 e. The third-order valence-electron chi connectivity index (χ3n) is 6.24. The molecule has 3 aliphatic heterocycles. The highest BCUT2D eigenvalue weighted by Crippen LogP contribution is 2.26. The van der Waals surface area contributed by atoms with E-state index in [2.05, 4.69) is 5.32 Å². The lowest BCUT2D eigenvalue weighted by atomic mass is 10.0. The van der Waals surface area contributed by atoms with Crippen molar-refractivity contribution >= 4 is 23.6 Å². The Balaban J connectivity index is 1.41. The van der Waals surface area contributed by atoms with Gasteiger partial charge in [-0.3, -0.25) is 29.0 Å². The summed E-state index contributed by atoms with van der Waals surface area (Å²) in [6.45, 7) is 6.17. The van der Waals surface area contributed by atoms with E-state index in [-0.39, 0.29) is 41.8 Å². The maximum Gasteiger partial charge on any atom is 0.261 e. The van der Waals surface area contributed by atoms with Crippen LogP contribution in [-0.2, 0) is 9.53 Å². The van der Waals surface area contributed by atoms with Gasteiger partial charge in [-0.25, -0.2) is 0 Å². The monoisotopic (exact) mass is 442 g/mol. The molecule has 32 heavy (non-hydrogen) atoms. The van der Waals surface area contributed by atoms with E-state index in [9.17, 15) is 19.2 Å². The van der Waals surface area contributed by atoms with Crippen molar-refractivity contribution in [2.75, 3.05) is 52.4 Å². The molecular weight excluding hydrogens is 412 g/mol. The first kappa shape index (κ1) is 22.4. The van der Waals surface area contributed by atoms with Crippen LogP contribution in [0.3, 0.4) is 0 Å². The lowest BCUT2D eigenvalue weighted by molar-refractivity contribution is -0.122. The zero-order valence-electron chi connectivity index (χ0n) is 18.5. The fourth-order valence-electron chi connectivity index (χ4n) is 4.55. The first-order chi connectivity index (χ1) is 15.5. The van der Waals surface area contributed by atoms with Crippen molar-refractivity contribution in [2.45, 2.75) is 32.3 Å². The molecule has 0 aromatic heterocycles. The number of nitrogens with zero attached hydrogens (tertiary/aromatic N) is 3. The molecule has 9 nitrogen and oxygen atoms in total.